The monoisotopic (exact) mass is 147 g/mol. The second-order valence-corrected chi connectivity index (χ2v) is 2.41. The Morgan fingerprint density at radius 1 is 1.45 bits per heavy atom. The van der Waals surface area contributed by atoms with E-state index < -0.39 is 0 Å². The summed E-state index contributed by atoms with van der Waals surface area (Å²) in [6.07, 6.45) is 4.34. The number of nitrogens with zero attached hydrogens (tertiary/aromatic N) is 4. The number of fused-ring (bicyclic) bond motifs is 1. The highest BCUT2D eigenvalue weighted by Gasteiger charge is 2.01. The van der Waals surface area contributed by atoms with Crippen LogP contribution in [0, 0.1) is 20.0 Å². The largest absolute Gasteiger partial charge is 0.253 e. The van der Waals surface area contributed by atoms with Crippen LogP contribution in [0.5, 0.6) is 0 Å². The predicted octanol–water partition coefficient (Wildman–Crippen LogP) is 0.541. The van der Waals surface area contributed by atoms with Crippen molar-refractivity contribution in [1.82, 2.24) is 19.6 Å². The van der Waals surface area contributed by atoms with Crippen LogP contribution in [0.2, 0.25) is 0 Å². The number of rotatable bonds is 0. The third kappa shape index (κ3) is 0.790. The first-order valence-electron chi connectivity index (χ1n) is 3.33. The van der Waals surface area contributed by atoms with E-state index in [0.29, 0.717) is 5.78 Å². The van der Waals surface area contributed by atoms with E-state index in [9.17, 15) is 0 Å². The van der Waals surface area contributed by atoms with Crippen molar-refractivity contribution >= 4 is 5.78 Å². The van der Waals surface area contributed by atoms with Gasteiger partial charge in [-0.25, -0.2) is 9.50 Å². The highest BCUT2D eigenvalue weighted by atomic mass is 15.3. The number of hydrogen-bond donors (Lipinski definition) is 0. The Morgan fingerprint density at radius 2 is 2.27 bits per heavy atom. The van der Waals surface area contributed by atoms with Gasteiger partial charge in [0.2, 0.25) is 0 Å². The third-order valence-electron chi connectivity index (χ3n) is 1.71. The van der Waals surface area contributed by atoms with Gasteiger partial charge in [-0.05, 0) is 19.4 Å². The maximum atomic E-state index is 4.00. The zero-order valence-corrected chi connectivity index (χ0v) is 6.37. The van der Waals surface area contributed by atoms with Crippen LogP contribution >= 0.6 is 0 Å². The Bertz CT molecular complexity index is 390. The predicted molar refractivity (Wildman–Crippen MR) is 39.1 cm³/mol. The normalized spacial score (nSPS) is 10.7. The molecule has 0 aliphatic rings. The highest BCUT2D eigenvalue weighted by molar-refractivity contribution is 5.29. The first kappa shape index (κ1) is 6.27. The van der Waals surface area contributed by atoms with Crippen molar-refractivity contribution in [1.29, 1.82) is 0 Å². The summed E-state index contributed by atoms with van der Waals surface area (Å²) in [5.41, 5.74) is 2.04. The molecule has 1 radical (unpaired) electrons. The lowest BCUT2D eigenvalue weighted by Crippen LogP contribution is -1.98. The van der Waals surface area contributed by atoms with E-state index in [4.69, 9.17) is 0 Å². The molecule has 55 valence electrons. The highest BCUT2D eigenvalue weighted by Crippen LogP contribution is 2.03. The lowest BCUT2D eigenvalue weighted by Gasteiger charge is -1.98. The lowest BCUT2D eigenvalue weighted by molar-refractivity contribution is 0.878. The first-order valence-corrected chi connectivity index (χ1v) is 3.33. The van der Waals surface area contributed by atoms with Crippen LogP contribution in [-0.4, -0.2) is 19.6 Å². The molecule has 0 saturated heterocycles. The van der Waals surface area contributed by atoms with Crippen molar-refractivity contribution in [2.24, 2.45) is 0 Å². The quantitative estimate of drug-likeness (QED) is 0.546. The molecule has 0 aliphatic carbocycles. The van der Waals surface area contributed by atoms with Gasteiger partial charge in [0.15, 0.2) is 0 Å². The molecule has 2 aromatic heterocycles. The smallest absolute Gasteiger partial charge is 0.209 e. The van der Waals surface area contributed by atoms with Crippen LogP contribution in [0.25, 0.3) is 5.78 Å². The van der Waals surface area contributed by atoms with Crippen LogP contribution < -0.4 is 0 Å². The summed E-state index contributed by atoms with van der Waals surface area (Å²) in [5, 5.41) is 4.00. The fourth-order valence-electron chi connectivity index (χ4n) is 0.922. The van der Waals surface area contributed by atoms with E-state index in [-0.39, 0.29) is 0 Å². The molecule has 11 heavy (non-hydrogen) atoms. The SMILES string of the molecule is Cc1[c]nc2ncnn2c1C. The molecule has 0 unspecified atom stereocenters. The van der Waals surface area contributed by atoms with Gasteiger partial charge < -0.3 is 0 Å². The summed E-state index contributed by atoms with van der Waals surface area (Å²) in [7, 11) is 0. The molecule has 2 heterocycles. The minimum absolute atomic E-state index is 0.605. The Hall–Kier alpha value is -1.45. The van der Waals surface area contributed by atoms with Gasteiger partial charge in [-0.15, -0.1) is 0 Å². The molecule has 0 N–H and O–H groups in total. The van der Waals surface area contributed by atoms with Crippen LogP contribution in [0.1, 0.15) is 11.3 Å². The van der Waals surface area contributed by atoms with E-state index in [1.54, 1.807) is 4.52 Å². The lowest BCUT2D eigenvalue weighted by atomic mass is 10.3. The van der Waals surface area contributed by atoms with Crippen molar-refractivity contribution < 1.29 is 0 Å². The van der Waals surface area contributed by atoms with Gasteiger partial charge in [-0.1, -0.05) is 0 Å². The standard InChI is InChI=1S/C7H7N4/c1-5-3-8-7-9-4-10-11(7)6(5)2/h4H,1-2H3. The van der Waals surface area contributed by atoms with Gasteiger partial charge in [-0.2, -0.15) is 10.1 Å². The molecule has 4 heteroatoms. The van der Waals surface area contributed by atoms with Crippen molar-refractivity contribution in [3.63, 3.8) is 0 Å². The van der Waals surface area contributed by atoms with Gasteiger partial charge in [0, 0.05) is 5.69 Å². The van der Waals surface area contributed by atoms with Crippen LogP contribution in [0.15, 0.2) is 6.33 Å². The topological polar surface area (TPSA) is 43.1 Å². The molecule has 0 fully saturated rings. The van der Waals surface area contributed by atoms with Gasteiger partial charge in [0.1, 0.15) is 6.33 Å². The van der Waals surface area contributed by atoms with Gasteiger partial charge in [0.25, 0.3) is 5.78 Å². The molecule has 0 amide bonds. The van der Waals surface area contributed by atoms with Crippen LogP contribution in [0.3, 0.4) is 0 Å². The van der Waals surface area contributed by atoms with Gasteiger partial charge in [-0.3, -0.25) is 0 Å². The average Bonchev–Trinajstić information content (AvgIpc) is 2.45. The molecular weight excluding hydrogens is 140 g/mol. The molecule has 2 rings (SSSR count). The first-order chi connectivity index (χ1) is 5.29. The summed E-state index contributed by atoms with van der Waals surface area (Å²) in [6, 6.07) is 0. The Morgan fingerprint density at radius 3 is 3.09 bits per heavy atom. The van der Waals surface area contributed by atoms with E-state index in [1.807, 2.05) is 13.8 Å². The molecule has 0 aliphatic heterocycles. The van der Waals surface area contributed by atoms with E-state index >= 15 is 0 Å². The van der Waals surface area contributed by atoms with E-state index in [2.05, 4.69) is 21.3 Å². The second-order valence-electron chi connectivity index (χ2n) is 2.41. The maximum absolute atomic E-state index is 4.00. The third-order valence-corrected chi connectivity index (χ3v) is 1.71. The second kappa shape index (κ2) is 2.02. The average molecular weight is 147 g/mol. The summed E-state index contributed by atoms with van der Waals surface area (Å²) in [4.78, 5) is 7.90. The molecule has 0 atom stereocenters. The van der Waals surface area contributed by atoms with Gasteiger partial charge in [0.05, 0.1) is 6.20 Å². The maximum Gasteiger partial charge on any atom is 0.253 e. The fraction of sp³-hybridized carbons (Fsp3) is 0.286. The molecule has 4 nitrogen and oxygen atoms in total. The van der Waals surface area contributed by atoms with Crippen molar-refractivity contribution in [3.05, 3.63) is 23.8 Å². The molecular formula is C7H7N4. The zero-order chi connectivity index (χ0) is 7.84. The number of aromatic nitrogens is 4. The minimum Gasteiger partial charge on any atom is -0.209 e. The number of aryl methyl sites for hydroxylation is 2. The Balaban J connectivity index is 2.93. The van der Waals surface area contributed by atoms with Crippen LogP contribution in [0.4, 0.5) is 0 Å². The molecule has 0 spiro atoms. The molecule has 2 aromatic rings. The summed E-state index contributed by atoms with van der Waals surface area (Å²) in [5.74, 6) is 0.605. The molecule has 0 bridgehead atoms. The zero-order valence-electron chi connectivity index (χ0n) is 6.37. The Kier molecular flexibility index (Phi) is 1.15. The number of hydrogen-bond acceptors (Lipinski definition) is 3. The summed E-state index contributed by atoms with van der Waals surface area (Å²) < 4.78 is 1.70. The van der Waals surface area contributed by atoms with Crippen LogP contribution in [-0.2, 0) is 0 Å². The summed E-state index contributed by atoms with van der Waals surface area (Å²) >= 11 is 0. The Labute approximate surface area is 63.9 Å². The summed E-state index contributed by atoms with van der Waals surface area (Å²) in [6.45, 7) is 3.92. The van der Waals surface area contributed by atoms with Crippen molar-refractivity contribution in [2.75, 3.05) is 0 Å². The fourth-order valence-corrected chi connectivity index (χ4v) is 0.922. The van der Waals surface area contributed by atoms with Crippen molar-refractivity contribution in [3.8, 4) is 0 Å². The minimum atomic E-state index is 0.605. The van der Waals surface area contributed by atoms with Crippen molar-refractivity contribution in [2.45, 2.75) is 13.8 Å². The van der Waals surface area contributed by atoms with E-state index in [1.165, 1.54) is 6.33 Å². The van der Waals surface area contributed by atoms with E-state index in [0.717, 1.165) is 11.3 Å². The molecule has 0 saturated carbocycles. The van der Waals surface area contributed by atoms with Gasteiger partial charge >= 0.3 is 0 Å². The molecule has 0 aromatic carbocycles.